The number of aliphatic hydroxyl groups is 2. The van der Waals surface area contributed by atoms with E-state index in [1.165, 1.54) is 5.39 Å². The van der Waals surface area contributed by atoms with Crippen molar-refractivity contribution in [1.82, 2.24) is 0 Å². The van der Waals surface area contributed by atoms with Crippen LogP contribution in [-0.2, 0) is 13.2 Å². The van der Waals surface area contributed by atoms with Crippen LogP contribution in [0.25, 0.3) is 21.5 Å². The maximum atomic E-state index is 9.50. The standard InChI is InChI=1S/C16H14O2/c17-9-11-5-6-15-14-4-2-1-3-12(14)8-13(10-18)16(15)7-11/h1-8,17-18H,9-10H2. The number of rotatable bonds is 2. The fourth-order valence-corrected chi connectivity index (χ4v) is 2.45. The lowest BCUT2D eigenvalue weighted by Gasteiger charge is -2.10. The Labute approximate surface area is 105 Å². The Balaban J connectivity index is 2.47. The lowest BCUT2D eigenvalue weighted by Crippen LogP contribution is -1.90. The molecule has 0 saturated heterocycles. The van der Waals surface area contributed by atoms with Gasteiger partial charge in [-0.1, -0.05) is 36.4 Å². The van der Waals surface area contributed by atoms with Gasteiger partial charge in [-0.2, -0.15) is 0 Å². The van der Waals surface area contributed by atoms with Crippen LogP contribution in [0.4, 0.5) is 0 Å². The zero-order chi connectivity index (χ0) is 12.5. The topological polar surface area (TPSA) is 40.5 Å². The van der Waals surface area contributed by atoms with E-state index in [0.717, 1.165) is 27.3 Å². The highest BCUT2D eigenvalue weighted by atomic mass is 16.3. The van der Waals surface area contributed by atoms with Crippen molar-refractivity contribution in [2.24, 2.45) is 0 Å². The van der Waals surface area contributed by atoms with Crippen LogP contribution in [0.5, 0.6) is 0 Å². The molecule has 3 aromatic rings. The third-order valence-corrected chi connectivity index (χ3v) is 3.36. The Morgan fingerprint density at radius 2 is 1.56 bits per heavy atom. The van der Waals surface area contributed by atoms with Gasteiger partial charge in [0, 0.05) is 0 Å². The van der Waals surface area contributed by atoms with Gasteiger partial charge >= 0.3 is 0 Å². The highest BCUT2D eigenvalue weighted by Crippen LogP contribution is 2.29. The van der Waals surface area contributed by atoms with E-state index in [2.05, 4.69) is 6.07 Å². The van der Waals surface area contributed by atoms with Crippen LogP contribution in [-0.4, -0.2) is 10.2 Å². The molecular formula is C16H14O2. The van der Waals surface area contributed by atoms with Crippen LogP contribution in [0.15, 0.2) is 48.5 Å². The third-order valence-electron chi connectivity index (χ3n) is 3.36. The molecule has 2 nitrogen and oxygen atoms in total. The molecule has 0 heterocycles. The van der Waals surface area contributed by atoms with Crippen molar-refractivity contribution >= 4 is 21.5 Å². The Bertz CT molecular complexity index is 717. The summed E-state index contributed by atoms with van der Waals surface area (Å²) in [6.45, 7) is 0.0316. The Morgan fingerprint density at radius 3 is 2.33 bits per heavy atom. The minimum atomic E-state index is 0.0101. The fraction of sp³-hybridized carbons (Fsp3) is 0.125. The summed E-state index contributed by atoms with van der Waals surface area (Å²) in [5.41, 5.74) is 1.77. The average molecular weight is 238 g/mol. The van der Waals surface area contributed by atoms with Crippen molar-refractivity contribution in [1.29, 1.82) is 0 Å². The van der Waals surface area contributed by atoms with Gasteiger partial charge in [-0.3, -0.25) is 0 Å². The zero-order valence-corrected chi connectivity index (χ0v) is 9.93. The van der Waals surface area contributed by atoms with Gasteiger partial charge in [0.15, 0.2) is 0 Å². The molecule has 0 saturated carbocycles. The molecule has 18 heavy (non-hydrogen) atoms. The smallest absolute Gasteiger partial charge is 0.0688 e. The van der Waals surface area contributed by atoms with Crippen molar-refractivity contribution in [2.75, 3.05) is 0 Å². The molecule has 0 bridgehead atoms. The zero-order valence-electron chi connectivity index (χ0n) is 9.93. The van der Waals surface area contributed by atoms with Gasteiger partial charge < -0.3 is 10.2 Å². The SMILES string of the molecule is OCc1ccc2c(c1)c(CO)cc1ccccc12. The largest absolute Gasteiger partial charge is 0.392 e. The molecule has 0 aliphatic rings. The molecule has 0 aliphatic carbocycles. The van der Waals surface area contributed by atoms with Crippen LogP contribution in [0.3, 0.4) is 0 Å². The van der Waals surface area contributed by atoms with E-state index in [9.17, 15) is 10.2 Å². The summed E-state index contributed by atoms with van der Waals surface area (Å²) in [5.74, 6) is 0. The molecular weight excluding hydrogens is 224 g/mol. The Kier molecular flexibility index (Phi) is 2.74. The fourth-order valence-electron chi connectivity index (χ4n) is 2.45. The summed E-state index contributed by atoms with van der Waals surface area (Å²) in [4.78, 5) is 0. The maximum absolute atomic E-state index is 9.50. The van der Waals surface area contributed by atoms with Crippen molar-refractivity contribution in [3.8, 4) is 0 Å². The van der Waals surface area contributed by atoms with Crippen LogP contribution in [0.2, 0.25) is 0 Å². The summed E-state index contributed by atoms with van der Waals surface area (Å²) in [6.07, 6.45) is 0. The van der Waals surface area contributed by atoms with Crippen LogP contribution in [0, 0.1) is 0 Å². The van der Waals surface area contributed by atoms with E-state index >= 15 is 0 Å². The van der Waals surface area contributed by atoms with Gasteiger partial charge in [-0.25, -0.2) is 0 Å². The molecule has 3 rings (SSSR count). The van der Waals surface area contributed by atoms with Gasteiger partial charge in [-0.15, -0.1) is 0 Å². The minimum Gasteiger partial charge on any atom is -0.392 e. The predicted molar refractivity (Wildman–Crippen MR) is 73.3 cm³/mol. The molecule has 2 N–H and O–H groups in total. The summed E-state index contributed by atoms with van der Waals surface area (Å²) < 4.78 is 0. The summed E-state index contributed by atoms with van der Waals surface area (Å²) in [5, 5.41) is 23.1. The van der Waals surface area contributed by atoms with Gasteiger partial charge in [-0.05, 0) is 44.8 Å². The maximum Gasteiger partial charge on any atom is 0.0688 e. The lowest BCUT2D eigenvalue weighted by atomic mass is 9.96. The van der Waals surface area contributed by atoms with Crippen molar-refractivity contribution in [3.05, 3.63) is 59.7 Å². The molecule has 0 unspecified atom stereocenters. The second-order valence-corrected chi connectivity index (χ2v) is 4.45. The first-order chi connectivity index (χ1) is 8.83. The first-order valence-electron chi connectivity index (χ1n) is 5.98. The van der Waals surface area contributed by atoms with E-state index in [-0.39, 0.29) is 13.2 Å². The third kappa shape index (κ3) is 1.67. The van der Waals surface area contributed by atoms with Crippen molar-refractivity contribution < 1.29 is 10.2 Å². The van der Waals surface area contributed by atoms with Gasteiger partial charge in [0.2, 0.25) is 0 Å². The van der Waals surface area contributed by atoms with Gasteiger partial charge in [0.1, 0.15) is 0 Å². The molecule has 0 radical (unpaired) electrons. The summed E-state index contributed by atoms with van der Waals surface area (Å²) >= 11 is 0. The number of benzene rings is 3. The van der Waals surface area contributed by atoms with Crippen molar-refractivity contribution in [3.63, 3.8) is 0 Å². The van der Waals surface area contributed by atoms with Gasteiger partial charge in [0.05, 0.1) is 13.2 Å². The van der Waals surface area contributed by atoms with E-state index in [1.54, 1.807) is 0 Å². The van der Waals surface area contributed by atoms with E-state index in [4.69, 9.17) is 0 Å². The molecule has 90 valence electrons. The van der Waals surface area contributed by atoms with E-state index in [0.29, 0.717) is 0 Å². The highest BCUT2D eigenvalue weighted by Gasteiger charge is 2.06. The minimum absolute atomic E-state index is 0.0101. The normalized spacial score (nSPS) is 11.2. The highest BCUT2D eigenvalue weighted by molar-refractivity contribution is 6.09. The van der Waals surface area contributed by atoms with Crippen LogP contribution < -0.4 is 0 Å². The van der Waals surface area contributed by atoms with Crippen LogP contribution >= 0.6 is 0 Å². The molecule has 0 aliphatic heterocycles. The molecule has 0 fully saturated rings. The van der Waals surface area contributed by atoms with Crippen LogP contribution in [0.1, 0.15) is 11.1 Å². The first kappa shape index (κ1) is 11.2. The second kappa shape index (κ2) is 4.41. The summed E-state index contributed by atoms with van der Waals surface area (Å²) in [7, 11) is 0. The number of aliphatic hydroxyl groups excluding tert-OH is 2. The van der Waals surface area contributed by atoms with E-state index in [1.807, 2.05) is 42.5 Å². The number of hydrogen-bond donors (Lipinski definition) is 2. The number of hydrogen-bond acceptors (Lipinski definition) is 2. The average Bonchev–Trinajstić information content (AvgIpc) is 2.45. The predicted octanol–water partition coefficient (Wildman–Crippen LogP) is 2.98. The lowest BCUT2D eigenvalue weighted by molar-refractivity contribution is 0.281. The molecule has 0 spiro atoms. The first-order valence-corrected chi connectivity index (χ1v) is 5.98. The molecule has 0 atom stereocenters. The monoisotopic (exact) mass is 238 g/mol. The molecule has 0 amide bonds. The van der Waals surface area contributed by atoms with Crippen molar-refractivity contribution in [2.45, 2.75) is 13.2 Å². The molecule has 3 aromatic carbocycles. The Hall–Kier alpha value is -1.90. The number of fused-ring (bicyclic) bond motifs is 3. The quantitative estimate of drug-likeness (QED) is 0.674. The molecule has 0 aromatic heterocycles. The van der Waals surface area contributed by atoms with E-state index < -0.39 is 0 Å². The second-order valence-electron chi connectivity index (χ2n) is 4.45. The Morgan fingerprint density at radius 1 is 0.722 bits per heavy atom. The van der Waals surface area contributed by atoms with Gasteiger partial charge in [0.25, 0.3) is 0 Å². The molecule has 2 heteroatoms. The summed E-state index contributed by atoms with van der Waals surface area (Å²) in [6, 6.07) is 16.0.